The number of likely N-dealkylation sites (tertiary alicyclic amines) is 1. The van der Waals surface area contributed by atoms with Crippen LogP contribution in [-0.2, 0) is 11.3 Å². The predicted molar refractivity (Wildman–Crippen MR) is 93.3 cm³/mol. The van der Waals surface area contributed by atoms with Gasteiger partial charge < -0.3 is 14.9 Å². The molecular weight excluding hydrogens is 337 g/mol. The molecule has 140 valence electrons. The monoisotopic (exact) mass is 361 g/mol. The average molecular weight is 361 g/mol. The van der Waals surface area contributed by atoms with E-state index in [-0.39, 0.29) is 5.82 Å². The summed E-state index contributed by atoms with van der Waals surface area (Å²) >= 11 is 0. The second kappa shape index (κ2) is 7.08. The number of benzene rings is 1. The zero-order chi connectivity index (χ0) is 18.1. The van der Waals surface area contributed by atoms with E-state index in [1.807, 2.05) is 12.3 Å². The SMILES string of the molecule is O[C@H]1CCOC2(CCN(Cc3cc(F)ccc3-n3cccn3)CC2)[C@H]1O. The molecule has 2 aromatic rings. The standard InChI is InChI=1S/C19H24FN3O3/c20-15-2-3-16(23-8-1-7-21-23)14(12-15)13-22-9-5-19(6-10-22)18(25)17(24)4-11-26-19/h1-3,7-8,12,17-18,24-25H,4-6,9-11,13H2/t17-,18-/m0/s1. The molecule has 4 rings (SSSR count). The lowest BCUT2D eigenvalue weighted by Crippen LogP contribution is -2.59. The van der Waals surface area contributed by atoms with Gasteiger partial charge in [0.25, 0.3) is 0 Å². The summed E-state index contributed by atoms with van der Waals surface area (Å²) in [5.41, 5.74) is 1.08. The molecule has 3 heterocycles. The Kier molecular flexibility index (Phi) is 4.79. The zero-order valence-corrected chi connectivity index (χ0v) is 14.6. The number of ether oxygens (including phenoxy) is 1. The summed E-state index contributed by atoms with van der Waals surface area (Å²) in [5, 5.41) is 24.6. The molecule has 0 saturated carbocycles. The van der Waals surface area contributed by atoms with E-state index < -0.39 is 17.8 Å². The fraction of sp³-hybridized carbons (Fsp3) is 0.526. The minimum absolute atomic E-state index is 0.265. The molecule has 2 saturated heterocycles. The molecule has 26 heavy (non-hydrogen) atoms. The van der Waals surface area contributed by atoms with Crippen molar-refractivity contribution in [3.8, 4) is 5.69 Å². The Morgan fingerprint density at radius 3 is 2.81 bits per heavy atom. The van der Waals surface area contributed by atoms with Crippen molar-refractivity contribution < 1.29 is 19.3 Å². The van der Waals surface area contributed by atoms with Crippen LogP contribution < -0.4 is 0 Å². The maximum atomic E-state index is 13.8. The molecule has 1 spiro atoms. The first-order valence-electron chi connectivity index (χ1n) is 9.08. The summed E-state index contributed by atoms with van der Waals surface area (Å²) in [6.07, 6.45) is 3.76. The van der Waals surface area contributed by atoms with Crippen LogP contribution in [0.15, 0.2) is 36.7 Å². The predicted octanol–water partition coefficient (Wildman–Crippen LogP) is 1.49. The van der Waals surface area contributed by atoms with Crippen molar-refractivity contribution in [3.63, 3.8) is 0 Å². The number of aliphatic hydroxyl groups excluding tert-OH is 2. The van der Waals surface area contributed by atoms with Gasteiger partial charge >= 0.3 is 0 Å². The van der Waals surface area contributed by atoms with Gasteiger partial charge in [-0.3, -0.25) is 4.90 Å². The van der Waals surface area contributed by atoms with Crippen molar-refractivity contribution >= 4 is 0 Å². The summed E-state index contributed by atoms with van der Waals surface area (Å²) in [7, 11) is 0. The van der Waals surface area contributed by atoms with Crippen molar-refractivity contribution in [2.75, 3.05) is 19.7 Å². The van der Waals surface area contributed by atoms with Crippen LogP contribution in [0.1, 0.15) is 24.8 Å². The smallest absolute Gasteiger partial charge is 0.123 e. The molecule has 1 aromatic heterocycles. The van der Waals surface area contributed by atoms with Crippen LogP contribution in [0, 0.1) is 5.82 Å². The molecule has 7 heteroatoms. The minimum Gasteiger partial charge on any atom is -0.390 e. The number of halogens is 1. The van der Waals surface area contributed by atoms with Crippen LogP contribution in [0.3, 0.4) is 0 Å². The van der Waals surface area contributed by atoms with Crippen LogP contribution in [-0.4, -0.2) is 62.4 Å². The van der Waals surface area contributed by atoms with Crippen molar-refractivity contribution in [1.29, 1.82) is 0 Å². The minimum atomic E-state index is -0.841. The maximum absolute atomic E-state index is 13.8. The molecule has 1 aromatic carbocycles. The van der Waals surface area contributed by atoms with Gasteiger partial charge in [-0.15, -0.1) is 0 Å². The molecule has 2 N–H and O–H groups in total. The lowest BCUT2D eigenvalue weighted by molar-refractivity contribution is -0.214. The van der Waals surface area contributed by atoms with Gasteiger partial charge in [0.2, 0.25) is 0 Å². The highest BCUT2D eigenvalue weighted by Gasteiger charge is 2.47. The summed E-state index contributed by atoms with van der Waals surface area (Å²) in [5.74, 6) is -0.265. The summed E-state index contributed by atoms with van der Waals surface area (Å²) < 4.78 is 21.4. The highest BCUT2D eigenvalue weighted by atomic mass is 19.1. The van der Waals surface area contributed by atoms with E-state index in [2.05, 4.69) is 10.00 Å². The largest absolute Gasteiger partial charge is 0.390 e. The lowest BCUT2D eigenvalue weighted by atomic mass is 9.80. The van der Waals surface area contributed by atoms with E-state index in [0.29, 0.717) is 32.4 Å². The van der Waals surface area contributed by atoms with Crippen LogP contribution in [0.5, 0.6) is 0 Å². The third-order valence-electron chi connectivity index (χ3n) is 5.60. The van der Waals surface area contributed by atoms with Crippen LogP contribution in [0.2, 0.25) is 0 Å². The molecule has 0 amide bonds. The van der Waals surface area contributed by atoms with Crippen molar-refractivity contribution in [1.82, 2.24) is 14.7 Å². The van der Waals surface area contributed by atoms with Crippen molar-refractivity contribution in [2.45, 2.75) is 43.6 Å². The van der Waals surface area contributed by atoms with Crippen LogP contribution in [0.25, 0.3) is 5.69 Å². The molecule has 0 bridgehead atoms. The van der Waals surface area contributed by atoms with Crippen molar-refractivity contribution in [2.24, 2.45) is 0 Å². The Balaban J connectivity index is 1.48. The zero-order valence-electron chi connectivity index (χ0n) is 14.6. The summed E-state index contributed by atoms with van der Waals surface area (Å²) in [4.78, 5) is 2.23. The number of hydrogen-bond donors (Lipinski definition) is 2. The second-order valence-electron chi connectivity index (χ2n) is 7.21. The summed E-state index contributed by atoms with van der Waals surface area (Å²) in [6.45, 7) is 2.52. The molecule has 0 aliphatic carbocycles. The Morgan fingerprint density at radius 2 is 2.08 bits per heavy atom. The maximum Gasteiger partial charge on any atom is 0.123 e. The normalized spacial score (nSPS) is 26.3. The van der Waals surface area contributed by atoms with Crippen LogP contribution in [0.4, 0.5) is 4.39 Å². The molecule has 2 aliphatic heterocycles. The van der Waals surface area contributed by atoms with Gasteiger partial charge in [0, 0.05) is 32.0 Å². The highest BCUT2D eigenvalue weighted by molar-refractivity contribution is 5.40. The van der Waals surface area contributed by atoms with E-state index in [9.17, 15) is 14.6 Å². The number of hydrogen-bond acceptors (Lipinski definition) is 5. The number of piperidine rings is 1. The first kappa shape index (κ1) is 17.6. The molecule has 2 aliphatic rings. The van der Waals surface area contributed by atoms with Gasteiger partial charge in [-0.1, -0.05) is 0 Å². The number of rotatable bonds is 3. The number of nitrogens with zero attached hydrogens (tertiary/aromatic N) is 3. The first-order valence-corrected chi connectivity index (χ1v) is 9.08. The topological polar surface area (TPSA) is 70.8 Å². The van der Waals surface area contributed by atoms with E-state index in [0.717, 1.165) is 24.3 Å². The Bertz CT molecular complexity index is 744. The third-order valence-corrected chi connectivity index (χ3v) is 5.60. The molecular formula is C19H24FN3O3. The quantitative estimate of drug-likeness (QED) is 0.867. The molecule has 6 nitrogen and oxygen atoms in total. The Hall–Kier alpha value is -1.80. The fourth-order valence-corrected chi connectivity index (χ4v) is 4.06. The van der Waals surface area contributed by atoms with Crippen molar-refractivity contribution in [3.05, 3.63) is 48.0 Å². The molecule has 0 radical (unpaired) electrons. The molecule has 0 unspecified atom stereocenters. The Morgan fingerprint density at radius 1 is 1.27 bits per heavy atom. The summed E-state index contributed by atoms with van der Waals surface area (Å²) in [6, 6.07) is 6.58. The first-order chi connectivity index (χ1) is 12.6. The van der Waals surface area contributed by atoms with Gasteiger partial charge in [-0.2, -0.15) is 5.10 Å². The lowest BCUT2D eigenvalue weighted by Gasteiger charge is -2.48. The second-order valence-corrected chi connectivity index (χ2v) is 7.21. The van der Waals surface area contributed by atoms with Gasteiger partial charge in [-0.25, -0.2) is 9.07 Å². The fourth-order valence-electron chi connectivity index (χ4n) is 4.06. The molecule has 2 atom stereocenters. The number of aliphatic hydroxyl groups is 2. The van der Waals surface area contributed by atoms with Gasteiger partial charge in [0.1, 0.15) is 11.9 Å². The van der Waals surface area contributed by atoms with Gasteiger partial charge in [0.15, 0.2) is 0 Å². The molecule has 2 fully saturated rings. The van der Waals surface area contributed by atoms with Gasteiger partial charge in [0.05, 0.1) is 24.0 Å². The van der Waals surface area contributed by atoms with E-state index in [4.69, 9.17) is 4.74 Å². The number of aromatic nitrogens is 2. The third kappa shape index (κ3) is 3.27. The van der Waals surface area contributed by atoms with E-state index in [1.165, 1.54) is 6.07 Å². The van der Waals surface area contributed by atoms with Gasteiger partial charge in [-0.05, 0) is 49.1 Å². The average Bonchev–Trinajstić information content (AvgIpc) is 3.16. The van der Waals surface area contributed by atoms with E-state index >= 15 is 0 Å². The van der Waals surface area contributed by atoms with E-state index in [1.54, 1.807) is 23.0 Å². The highest BCUT2D eigenvalue weighted by Crippen LogP contribution is 2.36. The van der Waals surface area contributed by atoms with Crippen LogP contribution >= 0.6 is 0 Å². The Labute approximate surface area is 151 Å².